The molecule has 0 aliphatic heterocycles. The quantitative estimate of drug-likeness (QED) is 0.798. The third-order valence-corrected chi connectivity index (χ3v) is 4.50. The summed E-state index contributed by atoms with van der Waals surface area (Å²) in [5.74, 6) is 0.0728. The molecule has 0 aliphatic carbocycles. The largest absolute Gasteiger partial charge is 0.286 e. The van der Waals surface area contributed by atoms with Gasteiger partial charge in [-0.1, -0.05) is 62.8 Å². The van der Waals surface area contributed by atoms with Crippen molar-refractivity contribution in [2.45, 2.75) is 40.5 Å². The highest BCUT2D eigenvalue weighted by Gasteiger charge is 2.22. The number of aromatic nitrogens is 2. The van der Waals surface area contributed by atoms with Gasteiger partial charge < -0.3 is 0 Å². The van der Waals surface area contributed by atoms with E-state index in [1.807, 2.05) is 32.0 Å². The van der Waals surface area contributed by atoms with Crippen molar-refractivity contribution >= 4 is 22.4 Å². The standard InChI is InChI=1S/C17H23N3OS/c1-5-6-11-20(16(21)12(2)3)17-19-18-15(22-17)14-10-8-7-9-13(14)4/h7-10,12H,5-6,11H2,1-4H3. The number of unbranched alkanes of at least 4 members (excludes halogenated alkanes) is 1. The summed E-state index contributed by atoms with van der Waals surface area (Å²) in [5.41, 5.74) is 2.25. The first kappa shape index (κ1) is 16.6. The number of rotatable bonds is 6. The lowest BCUT2D eigenvalue weighted by Gasteiger charge is -2.20. The van der Waals surface area contributed by atoms with E-state index in [0.717, 1.165) is 23.4 Å². The summed E-state index contributed by atoms with van der Waals surface area (Å²) < 4.78 is 0. The Bertz CT molecular complexity index is 636. The van der Waals surface area contributed by atoms with Crippen LogP contribution in [0, 0.1) is 12.8 Å². The zero-order chi connectivity index (χ0) is 16.1. The molecule has 0 unspecified atom stereocenters. The van der Waals surface area contributed by atoms with E-state index < -0.39 is 0 Å². The Labute approximate surface area is 136 Å². The molecule has 4 nitrogen and oxygen atoms in total. The molecule has 2 aromatic rings. The normalized spacial score (nSPS) is 11.0. The fourth-order valence-electron chi connectivity index (χ4n) is 2.17. The highest BCUT2D eigenvalue weighted by molar-refractivity contribution is 7.18. The molecular weight excluding hydrogens is 294 g/mol. The molecule has 2 rings (SSSR count). The second kappa shape index (κ2) is 7.49. The van der Waals surface area contributed by atoms with Gasteiger partial charge in [-0.05, 0) is 18.9 Å². The van der Waals surface area contributed by atoms with Crippen LogP contribution in [0.1, 0.15) is 39.2 Å². The van der Waals surface area contributed by atoms with Gasteiger partial charge in [0.2, 0.25) is 11.0 Å². The van der Waals surface area contributed by atoms with Crippen molar-refractivity contribution in [3.8, 4) is 10.6 Å². The molecular formula is C17H23N3OS. The van der Waals surface area contributed by atoms with Crippen LogP contribution in [0.3, 0.4) is 0 Å². The maximum absolute atomic E-state index is 12.4. The van der Waals surface area contributed by atoms with Gasteiger partial charge >= 0.3 is 0 Å². The average molecular weight is 317 g/mol. The Morgan fingerprint density at radius 3 is 2.64 bits per heavy atom. The fourth-order valence-corrected chi connectivity index (χ4v) is 3.14. The van der Waals surface area contributed by atoms with Crippen LogP contribution in [0.15, 0.2) is 24.3 Å². The fraction of sp³-hybridized carbons (Fsp3) is 0.471. The predicted octanol–water partition coefficient (Wildman–Crippen LogP) is 4.30. The molecule has 0 radical (unpaired) electrons. The van der Waals surface area contributed by atoms with Gasteiger partial charge in [0, 0.05) is 18.0 Å². The molecule has 118 valence electrons. The van der Waals surface area contributed by atoms with E-state index in [0.29, 0.717) is 11.7 Å². The molecule has 0 N–H and O–H groups in total. The molecule has 0 spiro atoms. The molecule has 1 aromatic heterocycles. The van der Waals surface area contributed by atoms with Crippen LogP contribution in [0.4, 0.5) is 5.13 Å². The molecule has 5 heteroatoms. The highest BCUT2D eigenvalue weighted by atomic mass is 32.1. The van der Waals surface area contributed by atoms with E-state index >= 15 is 0 Å². The van der Waals surface area contributed by atoms with Gasteiger partial charge in [0.15, 0.2) is 0 Å². The first-order valence-electron chi connectivity index (χ1n) is 7.75. The van der Waals surface area contributed by atoms with Crippen molar-refractivity contribution in [2.24, 2.45) is 5.92 Å². The first-order valence-corrected chi connectivity index (χ1v) is 8.57. The van der Waals surface area contributed by atoms with E-state index in [4.69, 9.17) is 0 Å². The minimum atomic E-state index is -0.0392. The molecule has 0 saturated heterocycles. The molecule has 1 heterocycles. The minimum absolute atomic E-state index is 0.0392. The number of nitrogens with zero attached hydrogens (tertiary/aromatic N) is 3. The number of aryl methyl sites for hydroxylation is 1. The summed E-state index contributed by atoms with van der Waals surface area (Å²) in [5, 5.41) is 10.1. The number of hydrogen-bond donors (Lipinski definition) is 0. The lowest BCUT2D eigenvalue weighted by molar-refractivity contribution is -0.121. The van der Waals surface area contributed by atoms with Gasteiger partial charge in [-0.25, -0.2) is 0 Å². The first-order chi connectivity index (χ1) is 10.5. The van der Waals surface area contributed by atoms with E-state index in [-0.39, 0.29) is 11.8 Å². The Kier molecular flexibility index (Phi) is 5.66. The summed E-state index contributed by atoms with van der Waals surface area (Å²) in [7, 11) is 0. The maximum Gasteiger partial charge on any atom is 0.231 e. The molecule has 1 amide bonds. The van der Waals surface area contributed by atoms with Crippen LogP contribution < -0.4 is 4.90 Å². The summed E-state index contributed by atoms with van der Waals surface area (Å²) in [6.45, 7) is 8.73. The number of carbonyl (C=O) groups excluding carboxylic acids is 1. The van der Waals surface area contributed by atoms with Crippen LogP contribution in [0.25, 0.3) is 10.6 Å². The van der Waals surface area contributed by atoms with Crippen molar-refractivity contribution in [2.75, 3.05) is 11.4 Å². The molecule has 0 bridgehead atoms. The van der Waals surface area contributed by atoms with Gasteiger partial charge in [0.1, 0.15) is 5.01 Å². The zero-order valence-corrected chi connectivity index (χ0v) is 14.5. The van der Waals surface area contributed by atoms with E-state index in [2.05, 4.69) is 30.1 Å². The second-order valence-corrected chi connectivity index (χ2v) is 6.66. The lowest BCUT2D eigenvalue weighted by Crippen LogP contribution is -2.35. The highest BCUT2D eigenvalue weighted by Crippen LogP contribution is 2.31. The smallest absolute Gasteiger partial charge is 0.231 e. The number of carbonyl (C=O) groups is 1. The Morgan fingerprint density at radius 2 is 2.00 bits per heavy atom. The third-order valence-electron chi connectivity index (χ3n) is 3.52. The Balaban J connectivity index is 2.30. The number of hydrogen-bond acceptors (Lipinski definition) is 4. The molecule has 0 atom stereocenters. The van der Waals surface area contributed by atoms with E-state index in [9.17, 15) is 4.79 Å². The van der Waals surface area contributed by atoms with Crippen LogP contribution in [-0.2, 0) is 4.79 Å². The molecule has 0 saturated carbocycles. The van der Waals surface area contributed by atoms with Gasteiger partial charge in [-0.15, -0.1) is 10.2 Å². The number of benzene rings is 1. The Morgan fingerprint density at radius 1 is 1.27 bits per heavy atom. The SMILES string of the molecule is CCCCN(C(=O)C(C)C)c1nnc(-c2ccccc2C)s1. The van der Waals surface area contributed by atoms with Crippen LogP contribution in [0.5, 0.6) is 0 Å². The van der Waals surface area contributed by atoms with Crippen molar-refractivity contribution in [3.63, 3.8) is 0 Å². The Hall–Kier alpha value is -1.75. The third kappa shape index (κ3) is 3.71. The van der Waals surface area contributed by atoms with Crippen LogP contribution >= 0.6 is 11.3 Å². The molecule has 1 aromatic carbocycles. The molecule has 0 fully saturated rings. The summed E-state index contributed by atoms with van der Waals surface area (Å²) in [4.78, 5) is 14.2. The van der Waals surface area contributed by atoms with Crippen LogP contribution in [0.2, 0.25) is 0 Å². The average Bonchev–Trinajstić information content (AvgIpc) is 2.97. The number of anilines is 1. The van der Waals surface area contributed by atoms with Gasteiger partial charge in [0.05, 0.1) is 0 Å². The van der Waals surface area contributed by atoms with Crippen molar-refractivity contribution in [3.05, 3.63) is 29.8 Å². The predicted molar refractivity (Wildman–Crippen MR) is 92.2 cm³/mol. The maximum atomic E-state index is 12.4. The van der Waals surface area contributed by atoms with Crippen LogP contribution in [-0.4, -0.2) is 22.6 Å². The second-order valence-electron chi connectivity index (χ2n) is 5.70. The monoisotopic (exact) mass is 317 g/mol. The van der Waals surface area contributed by atoms with Gasteiger partial charge in [0.25, 0.3) is 0 Å². The summed E-state index contributed by atoms with van der Waals surface area (Å²) in [6, 6.07) is 8.11. The van der Waals surface area contributed by atoms with E-state index in [1.165, 1.54) is 16.9 Å². The topological polar surface area (TPSA) is 46.1 Å². The van der Waals surface area contributed by atoms with E-state index in [1.54, 1.807) is 4.90 Å². The molecule has 22 heavy (non-hydrogen) atoms. The summed E-state index contributed by atoms with van der Waals surface area (Å²) >= 11 is 1.49. The summed E-state index contributed by atoms with van der Waals surface area (Å²) in [6.07, 6.45) is 2.02. The van der Waals surface area contributed by atoms with Crippen molar-refractivity contribution in [1.29, 1.82) is 0 Å². The number of amides is 1. The lowest BCUT2D eigenvalue weighted by atomic mass is 10.1. The minimum Gasteiger partial charge on any atom is -0.286 e. The van der Waals surface area contributed by atoms with Crippen molar-refractivity contribution in [1.82, 2.24) is 10.2 Å². The van der Waals surface area contributed by atoms with Gasteiger partial charge in [-0.2, -0.15) is 0 Å². The van der Waals surface area contributed by atoms with Crippen molar-refractivity contribution < 1.29 is 4.79 Å². The molecule has 0 aliphatic rings. The zero-order valence-electron chi connectivity index (χ0n) is 13.7. The van der Waals surface area contributed by atoms with Gasteiger partial charge in [-0.3, -0.25) is 9.69 Å².